The summed E-state index contributed by atoms with van der Waals surface area (Å²) in [6.07, 6.45) is 0. The van der Waals surface area contributed by atoms with Crippen molar-refractivity contribution in [2.24, 2.45) is 0 Å². The lowest BCUT2D eigenvalue weighted by Gasteiger charge is -2.22. The Kier molecular flexibility index (Phi) is 3.92. The number of hydrogen-bond donors (Lipinski definition) is 1. The van der Waals surface area contributed by atoms with Crippen LogP contribution in [-0.2, 0) is 11.3 Å². The molecule has 0 fully saturated rings. The van der Waals surface area contributed by atoms with E-state index in [0.717, 1.165) is 11.6 Å². The van der Waals surface area contributed by atoms with E-state index in [-0.39, 0.29) is 5.54 Å². The molecular weight excluding hydrogens is 262 g/mol. The number of rotatable bonds is 3. The molecule has 3 nitrogen and oxygen atoms in total. The topological polar surface area (TPSA) is 33.6 Å². The van der Waals surface area contributed by atoms with Crippen molar-refractivity contribution in [3.63, 3.8) is 0 Å². The zero-order valence-corrected chi connectivity index (χ0v) is 12.4. The van der Waals surface area contributed by atoms with Crippen LogP contribution in [0.2, 0.25) is 0 Å². The average Bonchev–Trinajstić information content (AvgIpc) is 2.69. The first-order valence-electron chi connectivity index (χ1n) is 5.83. The fourth-order valence-corrected chi connectivity index (χ4v) is 3.05. The van der Waals surface area contributed by atoms with Crippen molar-refractivity contribution in [1.29, 1.82) is 0 Å². The van der Waals surface area contributed by atoms with Crippen LogP contribution in [0.25, 0.3) is 0 Å². The van der Waals surface area contributed by atoms with Crippen molar-refractivity contribution in [2.45, 2.75) is 37.0 Å². The third-order valence-electron chi connectivity index (χ3n) is 2.52. The van der Waals surface area contributed by atoms with Crippen molar-refractivity contribution in [3.8, 4) is 0 Å². The highest BCUT2D eigenvalue weighted by atomic mass is 32.2. The number of benzene rings is 1. The standard InChI is InChI=1S/C13H17N3S2/c1-13(2,3)16-11(14-15-12(16)17)9-18-10-7-5-4-6-8-10/h4-8H,9H2,1-3H3,(H,15,17). The molecule has 0 saturated carbocycles. The number of aromatic amines is 1. The van der Waals surface area contributed by atoms with E-state index in [1.54, 1.807) is 11.8 Å². The van der Waals surface area contributed by atoms with E-state index in [2.05, 4.69) is 47.7 Å². The summed E-state index contributed by atoms with van der Waals surface area (Å²) in [5.74, 6) is 1.80. The molecule has 0 radical (unpaired) electrons. The quantitative estimate of drug-likeness (QED) is 0.681. The van der Waals surface area contributed by atoms with Gasteiger partial charge in [-0.25, -0.2) is 0 Å². The first kappa shape index (κ1) is 13.4. The molecule has 0 aliphatic rings. The highest BCUT2D eigenvalue weighted by Crippen LogP contribution is 2.24. The maximum Gasteiger partial charge on any atom is 0.195 e. The van der Waals surface area contributed by atoms with Gasteiger partial charge in [0.2, 0.25) is 0 Å². The molecule has 1 heterocycles. The van der Waals surface area contributed by atoms with Gasteiger partial charge < -0.3 is 0 Å². The predicted molar refractivity (Wildman–Crippen MR) is 78.4 cm³/mol. The van der Waals surface area contributed by atoms with Crippen molar-refractivity contribution in [2.75, 3.05) is 0 Å². The molecule has 0 aliphatic heterocycles. The first-order valence-corrected chi connectivity index (χ1v) is 7.22. The van der Waals surface area contributed by atoms with Crippen molar-refractivity contribution < 1.29 is 0 Å². The van der Waals surface area contributed by atoms with Gasteiger partial charge in [-0.2, -0.15) is 5.10 Å². The Labute approximate surface area is 117 Å². The van der Waals surface area contributed by atoms with Crippen molar-refractivity contribution in [3.05, 3.63) is 40.9 Å². The summed E-state index contributed by atoms with van der Waals surface area (Å²) in [4.78, 5) is 1.24. The molecule has 5 heteroatoms. The maximum absolute atomic E-state index is 5.29. The lowest BCUT2D eigenvalue weighted by molar-refractivity contribution is 0.382. The van der Waals surface area contributed by atoms with Gasteiger partial charge in [0.1, 0.15) is 5.82 Å². The Morgan fingerprint density at radius 3 is 2.56 bits per heavy atom. The van der Waals surface area contributed by atoms with Gasteiger partial charge in [-0.1, -0.05) is 18.2 Å². The molecule has 0 atom stereocenters. The SMILES string of the molecule is CC(C)(C)n1c(CSc2ccccc2)n[nH]c1=S. The van der Waals surface area contributed by atoms with Gasteiger partial charge in [-0.15, -0.1) is 11.8 Å². The lowest BCUT2D eigenvalue weighted by atomic mass is 10.1. The van der Waals surface area contributed by atoms with Crippen LogP contribution >= 0.6 is 24.0 Å². The second-order valence-electron chi connectivity index (χ2n) is 5.05. The molecule has 2 rings (SSSR count). The highest BCUT2D eigenvalue weighted by molar-refractivity contribution is 7.98. The number of aromatic nitrogens is 3. The van der Waals surface area contributed by atoms with E-state index in [9.17, 15) is 0 Å². The third-order valence-corrected chi connectivity index (χ3v) is 3.81. The molecule has 0 aliphatic carbocycles. The molecule has 2 aromatic rings. The van der Waals surface area contributed by atoms with Crippen LogP contribution < -0.4 is 0 Å². The minimum Gasteiger partial charge on any atom is -0.298 e. The fraction of sp³-hybridized carbons (Fsp3) is 0.385. The van der Waals surface area contributed by atoms with Gasteiger partial charge in [0.15, 0.2) is 4.77 Å². The van der Waals surface area contributed by atoms with Gasteiger partial charge in [0.05, 0.1) is 5.75 Å². The van der Waals surface area contributed by atoms with Crippen LogP contribution in [0.4, 0.5) is 0 Å². The lowest BCUT2D eigenvalue weighted by Crippen LogP contribution is -2.24. The zero-order chi connectivity index (χ0) is 13.2. The molecule has 0 saturated heterocycles. The van der Waals surface area contributed by atoms with E-state index in [0.29, 0.717) is 4.77 Å². The molecular formula is C13H17N3S2. The molecule has 96 valence electrons. The summed E-state index contributed by atoms with van der Waals surface area (Å²) < 4.78 is 2.77. The van der Waals surface area contributed by atoms with Crippen LogP contribution in [0.1, 0.15) is 26.6 Å². The van der Waals surface area contributed by atoms with Crippen molar-refractivity contribution in [1.82, 2.24) is 14.8 Å². The van der Waals surface area contributed by atoms with Gasteiger partial charge >= 0.3 is 0 Å². The van der Waals surface area contributed by atoms with Crippen LogP contribution in [-0.4, -0.2) is 14.8 Å². The van der Waals surface area contributed by atoms with Gasteiger partial charge in [0.25, 0.3) is 0 Å². The molecule has 0 amide bonds. The van der Waals surface area contributed by atoms with E-state index in [1.807, 2.05) is 18.2 Å². The molecule has 18 heavy (non-hydrogen) atoms. The average molecular weight is 279 g/mol. The molecule has 0 unspecified atom stereocenters. The minimum atomic E-state index is -0.0450. The van der Waals surface area contributed by atoms with Crippen molar-refractivity contribution >= 4 is 24.0 Å². The van der Waals surface area contributed by atoms with E-state index < -0.39 is 0 Å². The third kappa shape index (κ3) is 3.03. The Bertz CT molecular complexity index is 564. The molecule has 1 aromatic heterocycles. The number of thioether (sulfide) groups is 1. The van der Waals surface area contributed by atoms with E-state index >= 15 is 0 Å². The first-order chi connectivity index (χ1) is 8.48. The molecule has 1 N–H and O–H groups in total. The summed E-state index contributed by atoms with van der Waals surface area (Å²) >= 11 is 7.06. The second kappa shape index (κ2) is 5.28. The minimum absolute atomic E-state index is 0.0450. The van der Waals surface area contributed by atoms with Gasteiger partial charge in [-0.3, -0.25) is 9.67 Å². The summed E-state index contributed by atoms with van der Waals surface area (Å²) in [5.41, 5.74) is -0.0450. The second-order valence-corrected chi connectivity index (χ2v) is 6.49. The number of hydrogen-bond acceptors (Lipinski definition) is 3. The Hall–Kier alpha value is -1.07. The summed E-state index contributed by atoms with van der Waals surface area (Å²) in [6.45, 7) is 6.40. The van der Waals surface area contributed by atoms with Crippen LogP contribution in [0.3, 0.4) is 0 Å². The maximum atomic E-state index is 5.29. The number of nitrogens with one attached hydrogen (secondary N) is 1. The van der Waals surface area contributed by atoms with E-state index in [1.165, 1.54) is 4.90 Å². The van der Waals surface area contributed by atoms with Gasteiger partial charge in [0, 0.05) is 10.4 Å². The Morgan fingerprint density at radius 2 is 1.94 bits per heavy atom. The highest BCUT2D eigenvalue weighted by Gasteiger charge is 2.19. The fourth-order valence-electron chi connectivity index (χ4n) is 1.78. The van der Waals surface area contributed by atoms with E-state index in [4.69, 9.17) is 12.2 Å². The summed E-state index contributed by atoms with van der Waals surface area (Å²) in [6, 6.07) is 10.3. The van der Waals surface area contributed by atoms with Crippen LogP contribution in [0.5, 0.6) is 0 Å². The van der Waals surface area contributed by atoms with Crippen LogP contribution in [0.15, 0.2) is 35.2 Å². The largest absolute Gasteiger partial charge is 0.298 e. The molecule has 0 bridgehead atoms. The number of nitrogens with zero attached hydrogens (tertiary/aromatic N) is 2. The predicted octanol–water partition coefficient (Wildman–Crippen LogP) is 3.99. The van der Waals surface area contributed by atoms with Gasteiger partial charge in [-0.05, 0) is 45.1 Å². The monoisotopic (exact) mass is 279 g/mol. The molecule has 1 aromatic carbocycles. The number of H-pyrrole nitrogens is 1. The summed E-state index contributed by atoms with van der Waals surface area (Å²) in [5, 5.41) is 7.20. The smallest absolute Gasteiger partial charge is 0.195 e. The molecule has 0 spiro atoms. The normalized spacial score (nSPS) is 11.7. The zero-order valence-electron chi connectivity index (χ0n) is 10.8. The van der Waals surface area contributed by atoms with Crippen LogP contribution in [0, 0.1) is 4.77 Å². The Morgan fingerprint density at radius 1 is 1.28 bits per heavy atom. The summed E-state index contributed by atoms with van der Waals surface area (Å²) in [7, 11) is 0. The Balaban J connectivity index is 2.18.